The molecule has 4 atom stereocenters. The van der Waals surface area contributed by atoms with Gasteiger partial charge in [-0.05, 0) is 31.4 Å². The van der Waals surface area contributed by atoms with Crippen molar-refractivity contribution in [1.82, 2.24) is 9.88 Å². The number of carbonyl (C=O) groups excluding carboxylic acids is 1. The molecule has 5 rings (SSSR count). The summed E-state index contributed by atoms with van der Waals surface area (Å²) >= 11 is 0. The van der Waals surface area contributed by atoms with Crippen molar-refractivity contribution in [2.45, 2.75) is 31.9 Å². The predicted octanol–water partition coefficient (Wildman–Crippen LogP) is 3.20. The lowest BCUT2D eigenvalue weighted by molar-refractivity contribution is -0.139. The van der Waals surface area contributed by atoms with Crippen LogP contribution in [0.25, 0.3) is 10.9 Å². The molecular weight excluding hydrogens is 384 g/mol. The predicted molar refractivity (Wildman–Crippen MR) is 112 cm³/mol. The zero-order chi connectivity index (χ0) is 21.0. The lowest BCUT2D eigenvalue weighted by Crippen LogP contribution is -2.51. The highest BCUT2D eigenvalue weighted by Crippen LogP contribution is 2.48. The van der Waals surface area contributed by atoms with Gasteiger partial charge in [0.25, 0.3) is 0 Å². The number of ether oxygens (including phenoxy) is 4. The van der Waals surface area contributed by atoms with Gasteiger partial charge in [-0.2, -0.15) is 0 Å². The molecule has 160 valence electrons. The molecule has 0 spiro atoms. The van der Waals surface area contributed by atoms with E-state index in [1.807, 2.05) is 6.07 Å². The van der Waals surface area contributed by atoms with E-state index >= 15 is 0 Å². The van der Waals surface area contributed by atoms with E-state index in [1.165, 1.54) is 23.8 Å². The third-order valence-corrected chi connectivity index (χ3v) is 7.14. The fourth-order valence-corrected chi connectivity index (χ4v) is 5.56. The molecule has 0 radical (unpaired) electrons. The van der Waals surface area contributed by atoms with Crippen LogP contribution >= 0.6 is 0 Å². The first kappa shape index (κ1) is 19.3. The average molecular weight is 412 g/mol. The molecule has 2 aromatic rings. The Kier molecular flexibility index (Phi) is 4.65. The van der Waals surface area contributed by atoms with Crippen molar-refractivity contribution in [1.29, 1.82) is 0 Å². The highest BCUT2D eigenvalue weighted by atomic mass is 16.5. The van der Waals surface area contributed by atoms with Gasteiger partial charge < -0.3 is 23.9 Å². The second-order valence-corrected chi connectivity index (χ2v) is 8.44. The fraction of sp³-hybridized carbons (Fsp3) is 0.522. The normalized spacial score (nSPS) is 27.9. The molecule has 1 saturated heterocycles. The van der Waals surface area contributed by atoms with Gasteiger partial charge in [-0.3, -0.25) is 4.90 Å². The van der Waals surface area contributed by atoms with Gasteiger partial charge in [0.15, 0.2) is 11.5 Å². The molecule has 0 aliphatic carbocycles. The molecule has 1 N–H and O–H groups in total. The molecule has 1 aromatic carbocycles. The first-order valence-corrected chi connectivity index (χ1v) is 10.5. The molecule has 1 aromatic heterocycles. The van der Waals surface area contributed by atoms with E-state index in [9.17, 15) is 4.79 Å². The molecule has 7 nitrogen and oxygen atoms in total. The molecule has 7 heteroatoms. The summed E-state index contributed by atoms with van der Waals surface area (Å²) in [5, 5.41) is 1.19. The summed E-state index contributed by atoms with van der Waals surface area (Å²) in [7, 11) is 4.75. The number of methoxy groups -OCH3 is 3. The van der Waals surface area contributed by atoms with Gasteiger partial charge in [-0.1, -0.05) is 0 Å². The number of esters is 1. The summed E-state index contributed by atoms with van der Waals surface area (Å²) in [5.41, 5.74) is 4.31. The number of benzene rings is 1. The van der Waals surface area contributed by atoms with Crippen LogP contribution in [0, 0.1) is 11.8 Å². The lowest BCUT2D eigenvalue weighted by atomic mass is 9.72. The first-order valence-electron chi connectivity index (χ1n) is 10.5. The van der Waals surface area contributed by atoms with E-state index in [2.05, 4.69) is 22.9 Å². The van der Waals surface area contributed by atoms with Gasteiger partial charge in [0, 0.05) is 47.6 Å². The summed E-state index contributed by atoms with van der Waals surface area (Å²) in [6, 6.07) is 4.32. The van der Waals surface area contributed by atoms with Crippen molar-refractivity contribution in [2.75, 3.05) is 34.4 Å². The van der Waals surface area contributed by atoms with Gasteiger partial charge in [0.05, 0.1) is 45.3 Å². The maximum atomic E-state index is 12.4. The second-order valence-electron chi connectivity index (χ2n) is 8.44. The minimum Gasteiger partial charge on any atom is -0.497 e. The summed E-state index contributed by atoms with van der Waals surface area (Å²) < 4.78 is 21.9. The largest absolute Gasteiger partial charge is 0.497 e. The number of aromatic amines is 1. The Labute approximate surface area is 175 Å². The molecular formula is C23H28N2O5. The number of fused-ring (bicyclic) bond motifs is 6. The molecule has 0 saturated carbocycles. The summed E-state index contributed by atoms with van der Waals surface area (Å²) in [6.45, 7) is 4.00. The van der Waals surface area contributed by atoms with Crippen molar-refractivity contribution in [2.24, 2.45) is 11.8 Å². The maximum absolute atomic E-state index is 12.4. The Morgan fingerprint density at radius 2 is 1.97 bits per heavy atom. The van der Waals surface area contributed by atoms with E-state index in [0.717, 1.165) is 42.9 Å². The van der Waals surface area contributed by atoms with Gasteiger partial charge >= 0.3 is 5.97 Å². The molecule has 3 aliphatic rings. The van der Waals surface area contributed by atoms with Crippen molar-refractivity contribution in [3.05, 3.63) is 35.2 Å². The second kappa shape index (κ2) is 7.23. The molecule has 0 amide bonds. The Morgan fingerprint density at radius 3 is 2.70 bits per heavy atom. The molecule has 1 unspecified atom stereocenters. The lowest BCUT2D eigenvalue weighted by Gasteiger charge is -2.49. The summed E-state index contributed by atoms with van der Waals surface area (Å²) in [6.07, 6.45) is 3.56. The number of aromatic nitrogens is 1. The SMILES string of the molecule is COC(=O)C1=CO[C@H](C)[C@H]2CN3CCc4c([nH]c5cc(OC)c(OC)cc45)C3C[C@@H]12. The van der Waals surface area contributed by atoms with Crippen molar-refractivity contribution < 1.29 is 23.7 Å². The highest BCUT2D eigenvalue weighted by molar-refractivity contribution is 5.89. The smallest absolute Gasteiger partial charge is 0.337 e. The third kappa shape index (κ3) is 2.79. The molecule has 0 bridgehead atoms. The van der Waals surface area contributed by atoms with Crippen molar-refractivity contribution >= 4 is 16.9 Å². The minimum absolute atomic E-state index is 0.0852. The van der Waals surface area contributed by atoms with Gasteiger partial charge in [-0.25, -0.2) is 4.79 Å². The van der Waals surface area contributed by atoms with Crippen LogP contribution in [-0.4, -0.2) is 56.4 Å². The number of H-pyrrole nitrogens is 1. The quantitative estimate of drug-likeness (QED) is 0.781. The third-order valence-electron chi connectivity index (χ3n) is 7.14. The van der Waals surface area contributed by atoms with Crippen LogP contribution in [0.15, 0.2) is 24.0 Å². The zero-order valence-corrected chi connectivity index (χ0v) is 17.9. The Balaban J connectivity index is 1.56. The number of piperidine rings is 1. The van der Waals surface area contributed by atoms with Gasteiger partial charge in [-0.15, -0.1) is 0 Å². The van der Waals surface area contributed by atoms with Gasteiger partial charge in [0.2, 0.25) is 0 Å². The number of carbonyl (C=O) groups is 1. The standard InChI is InChI=1S/C23H28N2O5/c1-12-16-10-25-6-5-13-15-8-20(27-2)21(28-3)9-18(15)24-22(13)19(25)7-14(16)17(11-30-12)23(26)29-4/h8-9,11-12,14,16,19,24H,5-7,10H2,1-4H3/t12-,14-,16-,19?/m1/s1. The highest BCUT2D eigenvalue weighted by Gasteiger charge is 2.47. The monoisotopic (exact) mass is 412 g/mol. The van der Waals surface area contributed by atoms with Crippen LogP contribution in [0.1, 0.15) is 30.6 Å². The number of hydrogen-bond donors (Lipinski definition) is 1. The Bertz CT molecular complexity index is 1030. The molecule has 1 fully saturated rings. The number of nitrogens with one attached hydrogen (secondary N) is 1. The van der Waals surface area contributed by atoms with Gasteiger partial charge in [0.1, 0.15) is 0 Å². The Morgan fingerprint density at radius 1 is 1.20 bits per heavy atom. The van der Waals surface area contributed by atoms with E-state index in [4.69, 9.17) is 18.9 Å². The minimum atomic E-state index is -0.285. The number of rotatable bonds is 3. The zero-order valence-electron chi connectivity index (χ0n) is 17.9. The van der Waals surface area contributed by atoms with Crippen LogP contribution < -0.4 is 9.47 Å². The summed E-state index contributed by atoms with van der Waals surface area (Å²) in [4.78, 5) is 18.6. The van der Waals surface area contributed by atoms with E-state index < -0.39 is 0 Å². The van der Waals surface area contributed by atoms with E-state index in [-0.39, 0.29) is 30.0 Å². The fourth-order valence-electron chi connectivity index (χ4n) is 5.56. The van der Waals surface area contributed by atoms with Crippen LogP contribution in [0.5, 0.6) is 11.5 Å². The summed E-state index contributed by atoms with van der Waals surface area (Å²) in [5.74, 6) is 1.59. The molecule has 30 heavy (non-hydrogen) atoms. The average Bonchev–Trinajstić information content (AvgIpc) is 3.14. The maximum Gasteiger partial charge on any atom is 0.337 e. The van der Waals surface area contributed by atoms with E-state index in [1.54, 1.807) is 20.5 Å². The number of hydrogen-bond acceptors (Lipinski definition) is 6. The van der Waals surface area contributed by atoms with Crippen LogP contribution in [0.2, 0.25) is 0 Å². The number of nitrogens with zero attached hydrogens (tertiary/aromatic N) is 1. The van der Waals surface area contributed by atoms with Crippen LogP contribution in [0.3, 0.4) is 0 Å². The van der Waals surface area contributed by atoms with Crippen molar-refractivity contribution in [3.63, 3.8) is 0 Å². The molecule has 4 heterocycles. The van der Waals surface area contributed by atoms with Crippen LogP contribution in [-0.2, 0) is 20.7 Å². The van der Waals surface area contributed by atoms with E-state index in [0.29, 0.717) is 5.57 Å². The molecule has 3 aliphatic heterocycles. The first-order chi connectivity index (χ1) is 14.5. The Hall–Kier alpha value is -2.67. The van der Waals surface area contributed by atoms with Crippen molar-refractivity contribution in [3.8, 4) is 11.5 Å². The van der Waals surface area contributed by atoms with Crippen LogP contribution in [0.4, 0.5) is 0 Å². The topological polar surface area (TPSA) is 73.0 Å².